The predicted octanol–water partition coefficient (Wildman–Crippen LogP) is 4.71. The maximum atomic E-state index is 16.0. The third-order valence-electron chi connectivity index (χ3n) is 8.70. The van der Waals surface area contributed by atoms with Crippen LogP contribution in [0.2, 0.25) is 0 Å². The third-order valence-corrected chi connectivity index (χ3v) is 9.39. The minimum Gasteiger partial charge on any atom is -0.475 e. The summed E-state index contributed by atoms with van der Waals surface area (Å²) in [7, 11) is 0. The second-order valence-electron chi connectivity index (χ2n) is 11.9. The highest BCUT2D eigenvalue weighted by molar-refractivity contribution is 7.13. The number of anilines is 2. The van der Waals surface area contributed by atoms with Gasteiger partial charge in [-0.25, -0.2) is 19.2 Å². The standard InChI is InChI=1S/C29H27FN8OS.C2HF3O2/c30-23-21(18-3-6-20(7-4-18)37-15-29(16-37)13-31-14-29)8-5-19-12-38(35-24(19)23)26(27(39)34-28-32-9-11-40-28)25-22-2-1-10-36(22)17-33-25;3-2(4,5)1(6)7/h3-9,11-12,17,26,31H,1-2,10,13-16H2,(H,32,34,39);(H,6,7). The van der Waals surface area contributed by atoms with E-state index in [1.54, 1.807) is 34.8 Å². The van der Waals surface area contributed by atoms with Crippen molar-refractivity contribution in [3.05, 3.63) is 77.7 Å². The van der Waals surface area contributed by atoms with Crippen molar-refractivity contribution < 1.29 is 32.3 Å². The van der Waals surface area contributed by atoms with E-state index in [4.69, 9.17) is 9.90 Å². The van der Waals surface area contributed by atoms with Crippen LogP contribution < -0.4 is 15.5 Å². The fourth-order valence-corrected chi connectivity index (χ4v) is 6.82. The summed E-state index contributed by atoms with van der Waals surface area (Å²) in [6, 6.07) is 10.9. The van der Waals surface area contributed by atoms with E-state index in [1.807, 2.05) is 18.2 Å². The number of imidazole rings is 1. The molecule has 1 unspecified atom stereocenters. The first-order valence-corrected chi connectivity index (χ1v) is 15.7. The number of nitrogens with zero attached hydrogens (tertiary/aromatic N) is 6. The lowest BCUT2D eigenvalue weighted by atomic mass is 9.74. The molecule has 0 saturated carbocycles. The fourth-order valence-electron chi connectivity index (χ4n) is 6.29. The number of aryl methyl sites for hydroxylation is 1. The lowest BCUT2D eigenvalue weighted by Gasteiger charge is -2.57. The van der Waals surface area contributed by atoms with Gasteiger partial charge < -0.3 is 19.9 Å². The quantitative estimate of drug-likeness (QED) is 0.222. The number of carbonyl (C=O) groups is 2. The number of carboxylic acid groups (broad SMARTS) is 1. The molecule has 3 aliphatic heterocycles. The molecule has 6 heterocycles. The summed E-state index contributed by atoms with van der Waals surface area (Å²) in [6.45, 7) is 5.19. The molecule has 8 rings (SSSR count). The summed E-state index contributed by atoms with van der Waals surface area (Å²) in [5.41, 5.74) is 4.77. The van der Waals surface area contributed by atoms with E-state index in [0.717, 1.165) is 62.5 Å². The van der Waals surface area contributed by atoms with Crippen molar-refractivity contribution in [2.45, 2.75) is 31.6 Å². The number of aromatic nitrogens is 5. The average molecular weight is 669 g/mol. The molecular formula is C31H28F4N8O3S. The lowest BCUT2D eigenvalue weighted by Crippen LogP contribution is -2.71. The molecule has 0 bridgehead atoms. The molecule has 11 nitrogen and oxygen atoms in total. The van der Waals surface area contributed by atoms with Crippen molar-refractivity contribution >= 4 is 44.9 Å². The first-order valence-electron chi connectivity index (χ1n) is 14.8. The van der Waals surface area contributed by atoms with Gasteiger partial charge in [-0.15, -0.1) is 11.3 Å². The normalized spacial score (nSPS) is 17.0. The van der Waals surface area contributed by atoms with Crippen LogP contribution in [-0.4, -0.2) is 73.7 Å². The van der Waals surface area contributed by atoms with Gasteiger partial charge in [-0.1, -0.05) is 24.3 Å². The number of hydrogen-bond acceptors (Lipinski definition) is 8. The molecule has 0 aliphatic carbocycles. The molecule has 1 spiro atoms. The van der Waals surface area contributed by atoms with Crippen LogP contribution in [0.5, 0.6) is 0 Å². The molecule has 47 heavy (non-hydrogen) atoms. The van der Waals surface area contributed by atoms with Crippen LogP contribution in [0.4, 0.5) is 28.4 Å². The number of halogens is 4. The van der Waals surface area contributed by atoms with E-state index in [1.165, 1.54) is 11.3 Å². The monoisotopic (exact) mass is 668 g/mol. The van der Waals surface area contributed by atoms with Gasteiger partial charge in [0.1, 0.15) is 5.52 Å². The molecule has 1 amide bonds. The SMILES string of the molecule is O=C(Nc1nccs1)C(c1ncn2c1CCC2)n1cc2ccc(-c3ccc(N4CC5(CNC5)C4)cc3)c(F)c2n1.O=C(O)C(F)(F)F. The molecule has 3 N–H and O–H groups in total. The van der Waals surface area contributed by atoms with Crippen molar-refractivity contribution in [1.82, 2.24) is 29.6 Å². The molecule has 16 heteroatoms. The summed E-state index contributed by atoms with van der Waals surface area (Å²) < 4.78 is 51.3. The molecular weight excluding hydrogens is 640 g/mol. The first kappa shape index (κ1) is 30.8. The number of rotatable bonds is 6. The Labute approximate surface area is 268 Å². The minimum atomic E-state index is -5.08. The Morgan fingerprint density at radius 2 is 1.83 bits per heavy atom. The highest BCUT2D eigenvalue weighted by Gasteiger charge is 2.47. The molecule has 244 valence electrons. The largest absolute Gasteiger partial charge is 0.490 e. The van der Waals surface area contributed by atoms with Crippen molar-refractivity contribution in [1.29, 1.82) is 0 Å². The van der Waals surface area contributed by atoms with Crippen LogP contribution in [0.25, 0.3) is 22.0 Å². The number of carbonyl (C=O) groups excluding carboxylic acids is 1. The van der Waals surface area contributed by atoms with Gasteiger partial charge in [0.05, 0.1) is 12.0 Å². The van der Waals surface area contributed by atoms with Gasteiger partial charge in [0.2, 0.25) is 0 Å². The smallest absolute Gasteiger partial charge is 0.475 e. The van der Waals surface area contributed by atoms with Crippen LogP contribution in [0.15, 0.2) is 60.5 Å². The Morgan fingerprint density at radius 3 is 2.47 bits per heavy atom. The van der Waals surface area contributed by atoms with Gasteiger partial charge in [0.25, 0.3) is 5.91 Å². The van der Waals surface area contributed by atoms with Crippen molar-refractivity contribution in [3.63, 3.8) is 0 Å². The summed E-state index contributed by atoms with van der Waals surface area (Å²) >= 11 is 1.34. The molecule has 2 fully saturated rings. The third kappa shape index (κ3) is 5.82. The number of hydrogen-bond donors (Lipinski definition) is 3. The second-order valence-corrected chi connectivity index (χ2v) is 12.8. The molecule has 3 aliphatic rings. The number of amides is 1. The molecule has 3 aromatic heterocycles. The van der Waals surface area contributed by atoms with Crippen molar-refractivity contribution in [2.24, 2.45) is 5.41 Å². The number of thiazole rings is 1. The molecule has 5 aromatic rings. The molecule has 1 atom stereocenters. The van der Waals surface area contributed by atoms with Crippen molar-refractivity contribution in [3.8, 4) is 11.1 Å². The van der Waals surface area contributed by atoms with Gasteiger partial charge in [-0.3, -0.25) is 14.8 Å². The van der Waals surface area contributed by atoms with Crippen LogP contribution in [0.1, 0.15) is 23.9 Å². The highest BCUT2D eigenvalue weighted by Crippen LogP contribution is 2.38. The fraction of sp³-hybridized carbons (Fsp3) is 0.323. The van der Waals surface area contributed by atoms with Crippen LogP contribution in [0, 0.1) is 11.2 Å². The Kier molecular flexibility index (Phi) is 7.71. The summed E-state index contributed by atoms with van der Waals surface area (Å²) in [5, 5.41) is 20.9. The van der Waals surface area contributed by atoms with E-state index in [-0.39, 0.29) is 11.4 Å². The minimum absolute atomic E-state index is 0.228. The highest BCUT2D eigenvalue weighted by atomic mass is 32.1. The summed E-state index contributed by atoms with van der Waals surface area (Å²) in [4.78, 5) is 33.6. The zero-order valence-electron chi connectivity index (χ0n) is 24.7. The summed E-state index contributed by atoms with van der Waals surface area (Å²) in [6.07, 6.45) is 1.89. The van der Waals surface area contributed by atoms with Gasteiger partial charge in [-0.2, -0.15) is 18.3 Å². The Morgan fingerprint density at radius 1 is 1.09 bits per heavy atom. The number of alkyl halides is 3. The number of nitrogens with one attached hydrogen (secondary N) is 2. The zero-order chi connectivity index (χ0) is 32.9. The Hall–Kier alpha value is -4.83. The van der Waals surface area contributed by atoms with Gasteiger partial charge in [-0.05, 0) is 30.5 Å². The molecule has 0 radical (unpaired) electrons. The molecule has 2 aromatic carbocycles. The van der Waals surface area contributed by atoms with Gasteiger partial charge in [0, 0.05) is 78.2 Å². The topological polar surface area (TPSA) is 130 Å². The van der Waals surface area contributed by atoms with E-state index in [9.17, 15) is 18.0 Å². The number of fused-ring (bicyclic) bond motifs is 2. The number of benzene rings is 2. The molecule has 2 saturated heterocycles. The van der Waals surface area contributed by atoms with E-state index < -0.39 is 24.0 Å². The first-order chi connectivity index (χ1) is 22.5. The number of carboxylic acids is 1. The van der Waals surface area contributed by atoms with Gasteiger partial charge in [0.15, 0.2) is 17.0 Å². The Bertz CT molecular complexity index is 1940. The maximum absolute atomic E-state index is 16.0. The lowest BCUT2D eigenvalue weighted by molar-refractivity contribution is -0.192. The van der Waals surface area contributed by atoms with Crippen LogP contribution in [0.3, 0.4) is 0 Å². The van der Waals surface area contributed by atoms with Crippen LogP contribution >= 0.6 is 11.3 Å². The van der Waals surface area contributed by atoms with Crippen LogP contribution in [-0.2, 0) is 22.6 Å². The van der Waals surface area contributed by atoms with E-state index in [0.29, 0.717) is 27.2 Å². The average Bonchev–Trinajstić information content (AvgIpc) is 3.79. The number of aliphatic carboxylic acids is 1. The maximum Gasteiger partial charge on any atom is 0.490 e. The predicted molar refractivity (Wildman–Crippen MR) is 166 cm³/mol. The summed E-state index contributed by atoms with van der Waals surface area (Å²) in [5.74, 6) is -3.47. The zero-order valence-corrected chi connectivity index (χ0v) is 25.5. The Balaban J connectivity index is 0.000000455. The second kappa shape index (κ2) is 11.8. The van der Waals surface area contributed by atoms with E-state index in [2.05, 4.69) is 47.3 Å². The van der Waals surface area contributed by atoms with E-state index >= 15 is 4.39 Å². The van der Waals surface area contributed by atoms with Crippen molar-refractivity contribution in [2.75, 3.05) is 36.4 Å². The van der Waals surface area contributed by atoms with Gasteiger partial charge >= 0.3 is 12.1 Å².